The summed E-state index contributed by atoms with van der Waals surface area (Å²) >= 11 is 0. The topological polar surface area (TPSA) is 23.8 Å². The Hall–Kier alpha value is -2.14. The van der Waals surface area contributed by atoms with Gasteiger partial charge in [0.2, 0.25) is 0 Å². The van der Waals surface area contributed by atoms with Crippen LogP contribution in [0.15, 0.2) is 42.5 Å². The van der Waals surface area contributed by atoms with Crippen LogP contribution < -0.4 is 0 Å². The van der Waals surface area contributed by atoms with E-state index in [2.05, 4.69) is 6.07 Å². The van der Waals surface area contributed by atoms with Crippen molar-refractivity contribution in [3.8, 4) is 17.2 Å². The van der Waals surface area contributed by atoms with Gasteiger partial charge in [-0.2, -0.15) is 5.26 Å². The van der Waals surface area contributed by atoms with Gasteiger partial charge in [0, 0.05) is 5.56 Å². The molecule has 0 saturated heterocycles. The van der Waals surface area contributed by atoms with Crippen LogP contribution in [0.25, 0.3) is 11.1 Å². The van der Waals surface area contributed by atoms with Crippen molar-refractivity contribution in [1.29, 1.82) is 5.26 Å². The molecule has 2 aromatic carbocycles. The first-order valence-corrected chi connectivity index (χ1v) is 4.97. The fraction of sp³-hybridized carbons (Fsp3) is 0.0714. The van der Waals surface area contributed by atoms with Crippen molar-refractivity contribution in [2.75, 3.05) is 0 Å². The molecule has 2 rings (SSSR count). The van der Waals surface area contributed by atoms with E-state index in [1.54, 1.807) is 0 Å². The first-order chi connectivity index (χ1) is 7.70. The molecule has 0 atom stereocenters. The molecule has 0 heterocycles. The minimum absolute atomic E-state index is 0.324. The van der Waals surface area contributed by atoms with Gasteiger partial charge in [0.15, 0.2) is 0 Å². The molecule has 0 aliphatic rings. The third-order valence-corrected chi connectivity index (χ3v) is 2.46. The Kier molecular flexibility index (Phi) is 2.70. The van der Waals surface area contributed by atoms with Crippen molar-refractivity contribution >= 4 is 0 Å². The summed E-state index contributed by atoms with van der Waals surface area (Å²) < 4.78 is 13.1. The van der Waals surface area contributed by atoms with Crippen molar-refractivity contribution in [3.05, 3.63) is 59.4 Å². The molecule has 0 radical (unpaired) electrons. The van der Waals surface area contributed by atoms with E-state index in [1.165, 1.54) is 18.2 Å². The second kappa shape index (κ2) is 4.16. The Morgan fingerprint density at radius 1 is 1.06 bits per heavy atom. The molecule has 0 aliphatic carbocycles. The van der Waals surface area contributed by atoms with E-state index in [9.17, 15) is 4.39 Å². The fourth-order valence-corrected chi connectivity index (χ4v) is 1.59. The highest BCUT2D eigenvalue weighted by atomic mass is 19.1. The van der Waals surface area contributed by atoms with Crippen LogP contribution in [0.5, 0.6) is 0 Å². The molecule has 0 aromatic heterocycles. The molecule has 0 bridgehead atoms. The molecular weight excluding hydrogens is 201 g/mol. The lowest BCUT2D eigenvalue weighted by Gasteiger charge is -2.04. The van der Waals surface area contributed by atoms with Gasteiger partial charge in [-0.05, 0) is 30.7 Å². The second-order valence-electron chi connectivity index (χ2n) is 3.67. The lowest BCUT2D eigenvalue weighted by molar-refractivity contribution is 0.628. The SMILES string of the molecule is Cc1ccc(-c2cc(F)ccc2C#N)cc1. The maximum absolute atomic E-state index is 13.1. The van der Waals surface area contributed by atoms with Crippen molar-refractivity contribution in [3.63, 3.8) is 0 Å². The quantitative estimate of drug-likeness (QED) is 0.706. The Morgan fingerprint density at radius 2 is 1.75 bits per heavy atom. The van der Waals surface area contributed by atoms with Crippen molar-refractivity contribution in [2.24, 2.45) is 0 Å². The molecule has 16 heavy (non-hydrogen) atoms. The highest BCUT2D eigenvalue weighted by molar-refractivity contribution is 5.70. The molecular formula is C14H10FN. The fourth-order valence-electron chi connectivity index (χ4n) is 1.59. The second-order valence-corrected chi connectivity index (χ2v) is 3.67. The van der Waals surface area contributed by atoms with Crippen LogP contribution in [0.3, 0.4) is 0 Å². The van der Waals surface area contributed by atoms with Crippen LogP contribution in [-0.2, 0) is 0 Å². The average Bonchev–Trinajstić information content (AvgIpc) is 2.30. The number of hydrogen-bond donors (Lipinski definition) is 0. The molecule has 2 heteroatoms. The van der Waals surface area contributed by atoms with E-state index in [1.807, 2.05) is 31.2 Å². The molecule has 78 valence electrons. The third kappa shape index (κ3) is 1.94. The first kappa shape index (κ1) is 10.4. The van der Waals surface area contributed by atoms with Gasteiger partial charge in [-0.15, -0.1) is 0 Å². The lowest BCUT2D eigenvalue weighted by Crippen LogP contribution is -1.86. The van der Waals surface area contributed by atoms with E-state index < -0.39 is 0 Å². The zero-order chi connectivity index (χ0) is 11.5. The largest absolute Gasteiger partial charge is 0.207 e. The number of hydrogen-bond acceptors (Lipinski definition) is 1. The van der Waals surface area contributed by atoms with Gasteiger partial charge >= 0.3 is 0 Å². The van der Waals surface area contributed by atoms with Crippen LogP contribution in [-0.4, -0.2) is 0 Å². The lowest BCUT2D eigenvalue weighted by atomic mass is 9.99. The van der Waals surface area contributed by atoms with E-state index in [4.69, 9.17) is 5.26 Å². The highest BCUT2D eigenvalue weighted by Gasteiger charge is 2.05. The number of benzene rings is 2. The normalized spacial score (nSPS) is 9.81. The van der Waals surface area contributed by atoms with E-state index in [0.29, 0.717) is 11.1 Å². The molecule has 1 nitrogen and oxygen atoms in total. The maximum Gasteiger partial charge on any atom is 0.123 e. The molecule has 0 saturated carbocycles. The van der Waals surface area contributed by atoms with E-state index in [-0.39, 0.29) is 5.82 Å². The summed E-state index contributed by atoms with van der Waals surface area (Å²) in [4.78, 5) is 0. The Bertz CT molecular complexity index is 550. The summed E-state index contributed by atoms with van der Waals surface area (Å²) in [6, 6.07) is 13.9. The smallest absolute Gasteiger partial charge is 0.123 e. The predicted octanol–water partition coefficient (Wildman–Crippen LogP) is 3.67. The zero-order valence-electron chi connectivity index (χ0n) is 8.87. The number of halogens is 1. The van der Waals surface area contributed by atoms with Gasteiger partial charge in [0.1, 0.15) is 5.82 Å². The van der Waals surface area contributed by atoms with Gasteiger partial charge in [-0.3, -0.25) is 0 Å². The highest BCUT2D eigenvalue weighted by Crippen LogP contribution is 2.24. The third-order valence-electron chi connectivity index (χ3n) is 2.46. The summed E-state index contributed by atoms with van der Waals surface area (Å²) in [5.74, 6) is -0.324. The van der Waals surface area contributed by atoms with E-state index in [0.717, 1.165) is 11.1 Å². The first-order valence-electron chi connectivity index (χ1n) is 4.97. The van der Waals surface area contributed by atoms with Crippen LogP contribution in [0.4, 0.5) is 4.39 Å². The van der Waals surface area contributed by atoms with Crippen LogP contribution in [0.2, 0.25) is 0 Å². The van der Waals surface area contributed by atoms with Crippen LogP contribution in [0.1, 0.15) is 11.1 Å². The van der Waals surface area contributed by atoms with Crippen LogP contribution >= 0.6 is 0 Å². The van der Waals surface area contributed by atoms with Crippen molar-refractivity contribution in [2.45, 2.75) is 6.92 Å². The van der Waals surface area contributed by atoms with Gasteiger partial charge in [0.05, 0.1) is 11.6 Å². The predicted molar refractivity (Wildman–Crippen MR) is 61.3 cm³/mol. The summed E-state index contributed by atoms with van der Waals surface area (Å²) in [6.07, 6.45) is 0. The number of nitriles is 1. The van der Waals surface area contributed by atoms with Gasteiger partial charge < -0.3 is 0 Å². The van der Waals surface area contributed by atoms with Gasteiger partial charge in [-0.1, -0.05) is 29.8 Å². The average molecular weight is 211 g/mol. The van der Waals surface area contributed by atoms with E-state index >= 15 is 0 Å². The molecule has 0 aliphatic heterocycles. The molecule has 0 amide bonds. The molecule has 0 fully saturated rings. The standard InChI is InChI=1S/C14H10FN/c1-10-2-4-11(5-3-10)14-8-13(15)7-6-12(14)9-16/h2-8H,1H3. The zero-order valence-corrected chi connectivity index (χ0v) is 8.87. The van der Waals surface area contributed by atoms with Gasteiger partial charge in [0.25, 0.3) is 0 Å². The molecule has 0 spiro atoms. The number of nitrogens with zero attached hydrogens (tertiary/aromatic N) is 1. The molecule has 2 aromatic rings. The van der Waals surface area contributed by atoms with Gasteiger partial charge in [-0.25, -0.2) is 4.39 Å². The minimum Gasteiger partial charge on any atom is -0.207 e. The summed E-state index contributed by atoms with van der Waals surface area (Å²) in [5, 5.41) is 8.95. The van der Waals surface area contributed by atoms with Crippen molar-refractivity contribution in [1.82, 2.24) is 0 Å². The number of aryl methyl sites for hydroxylation is 1. The summed E-state index contributed by atoms with van der Waals surface area (Å²) in [5.41, 5.74) is 3.13. The molecule has 0 N–H and O–H groups in total. The Labute approximate surface area is 93.8 Å². The molecule has 0 unspecified atom stereocenters. The number of rotatable bonds is 1. The Balaban J connectivity index is 2.59. The summed E-state index contributed by atoms with van der Waals surface area (Å²) in [6.45, 7) is 1.99. The minimum atomic E-state index is -0.324. The Morgan fingerprint density at radius 3 is 2.38 bits per heavy atom. The van der Waals surface area contributed by atoms with Crippen molar-refractivity contribution < 1.29 is 4.39 Å². The van der Waals surface area contributed by atoms with Crippen LogP contribution in [0, 0.1) is 24.1 Å². The summed E-state index contributed by atoms with van der Waals surface area (Å²) in [7, 11) is 0. The monoisotopic (exact) mass is 211 g/mol. The maximum atomic E-state index is 13.1.